The Balaban J connectivity index is 2.12. The number of ketones is 1. The molecule has 5 nitrogen and oxygen atoms in total. The Kier molecular flexibility index (Phi) is 4.64. The first-order valence-corrected chi connectivity index (χ1v) is 7.46. The highest BCUT2D eigenvalue weighted by Gasteiger charge is 2.32. The molecule has 2 N–H and O–H groups in total. The molecule has 0 fully saturated rings. The minimum atomic E-state index is -0.879. The summed E-state index contributed by atoms with van der Waals surface area (Å²) in [5.74, 6) is -1.30. The van der Waals surface area contributed by atoms with Crippen LogP contribution in [0.1, 0.15) is 61.4 Å². The van der Waals surface area contributed by atoms with Crippen LogP contribution in [0, 0.1) is 0 Å². The van der Waals surface area contributed by atoms with Crippen molar-refractivity contribution < 1.29 is 19.5 Å². The van der Waals surface area contributed by atoms with Gasteiger partial charge in [-0.1, -0.05) is 24.3 Å². The van der Waals surface area contributed by atoms with Gasteiger partial charge in [0.1, 0.15) is 0 Å². The molecule has 2 rings (SSSR count). The van der Waals surface area contributed by atoms with Gasteiger partial charge in [-0.2, -0.15) is 0 Å². The second-order valence-corrected chi connectivity index (χ2v) is 6.37. The average Bonchev–Trinajstić information content (AvgIpc) is 2.45. The number of rotatable bonds is 5. The van der Waals surface area contributed by atoms with Crippen LogP contribution >= 0.6 is 0 Å². The number of hydrogen-bond acceptors (Lipinski definition) is 3. The molecule has 1 unspecified atom stereocenters. The van der Waals surface area contributed by atoms with E-state index in [1.165, 1.54) is 0 Å². The van der Waals surface area contributed by atoms with Gasteiger partial charge in [0.25, 0.3) is 0 Å². The van der Waals surface area contributed by atoms with E-state index in [1.807, 2.05) is 26.0 Å². The topological polar surface area (TPSA) is 83.5 Å². The third-order valence-electron chi connectivity index (χ3n) is 4.04. The summed E-state index contributed by atoms with van der Waals surface area (Å²) in [6.45, 7) is 3.63. The molecule has 0 spiro atoms. The molecular formula is C17H21NO4. The first kappa shape index (κ1) is 16.2. The lowest BCUT2D eigenvalue weighted by Gasteiger charge is -2.30. The lowest BCUT2D eigenvalue weighted by molar-refractivity contribution is -0.138. The molecule has 5 heteroatoms. The normalized spacial score (nSPS) is 17.7. The summed E-state index contributed by atoms with van der Waals surface area (Å²) < 4.78 is 0. The van der Waals surface area contributed by atoms with Gasteiger partial charge in [-0.3, -0.25) is 14.4 Å². The number of benzene rings is 1. The number of carbonyl (C=O) groups is 3. The fourth-order valence-corrected chi connectivity index (χ4v) is 2.80. The molecule has 22 heavy (non-hydrogen) atoms. The summed E-state index contributed by atoms with van der Waals surface area (Å²) in [4.78, 5) is 35.2. The predicted octanol–water partition coefficient (Wildman–Crippen LogP) is 2.51. The molecule has 0 saturated heterocycles. The van der Waals surface area contributed by atoms with E-state index in [0.717, 1.165) is 5.56 Å². The van der Waals surface area contributed by atoms with E-state index in [-0.39, 0.29) is 24.0 Å². The summed E-state index contributed by atoms with van der Waals surface area (Å²) in [5.41, 5.74) is 0.800. The molecule has 1 amide bonds. The maximum Gasteiger partial charge on any atom is 0.303 e. The maximum absolute atomic E-state index is 12.6. The summed E-state index contributed by atoms with van der Waals surface area (Å²) in [6.07, 6.45) is 1.23. The van der Waals surface area contributed by atoms with Crippen LogP contribution in [-0.4, -0.2) is 28.3 Å². The number of Topliss-reactive ketones (excluding diaryl/α,β-unsaturated/α-hetero) is 1. The van der Waals surface area contributed by atoms with Gasteiger partial charge in [-0.15, -0.1) is 0 Å². The Hall–Kier alpha value is -2.17. The van der Waals surface area contributed by atoms with Crippen LogP contribution in [0.25, 0.3) is 0 Å². The first-order valence-electron chi connectivity index (χ1n) is 7.46. The van der Waals surface area contributed by atoms with E-state index in [1.54, 1.807) is 12.1 Å². The number of carboxylic acids is 1. The van der Waals surface area contributed by atoms with Gasteiger partial charge in [0.05, 0.1) is 5.92 Å². The van der Waals surface area contributed by atoms with Gasteiger partial charge < -0.3 is 10.4 Å². The third-order valence-corrected chi connectivity index (χ3v) is 4.04. The van der Waals surface area contributed by atoms with E-state index in [9.17, 15) is 14.4 Å². The van der Waals surface area contributed by atoms with Crippen LogP contribution in [0.2, 0.25) is 0 Å². The fourth-order valence-electron chi connectivity index (χ4n) is 2.80. The highest BCUT2D eigenvalue weighted by Crippen LogP contribution is 2.32. The Morgan fingerprint density at radius 2 is 2.00 bits per heavy atom. The molecule has 0 aromatic heterocycles. The monoisotopic (exact) mass is 303 g/mol. The van der Waals surface area contributed by atoms with Crippen molar-refractivity contribution in [3.63, 3.8) is 0 Å². The van der Waals surface area contributed by atoms with E-state index >= 15 is 0 Å². The van der Waals surface area contributed by atoms with E-state index < -0.39 is 11.5 Å². The maximum atomic E-state index is 12.6. The van der Waals surface area contributed by atoms with Gasteiger partial charge in [-0.25, -0.2) is 0 Å². The largest absolute Gasteiger partial charge is 0.481 e. The molecule has 0 heterocycles. The zero-order valence-corrected chi connectivity index (χ0v) is 12.9. The SMILES string of the molecule is CC(C)(CCC(=O)O)NC(=O)C1CCC(=O)c2ccccc21. The predicted molar refractivity (Wildman–Crippen MR) is 81.8 cm³/mol. The number of aliphatic carboxylic acids is 1. The number of hydrogen-bond donors (Lipinski definition) is 2. The second kappa shape index (κ2) is 6.30. The number of amides is 1. The zero-order chi connectivity index (χ0) is 16.3. The lowest BCUT2D eigenvalue weighted by Crippen LogP contribution is -2.46. The van der Waals surface area contributed by atoms with Crippen LogP contribution in [0.4, 0.5) is 0 Å². The number of nitrogens with one attached hydrogen (secondary N) is 1. The number of fused-ring (bicyclic) bond motifs is 1. The van der Waals surface area contributed by atoms with Crippen LogP contribution in [0.3, 0.4) is 0 Å². The lowest BCUT2D eigenvalue weighted by atomic mass is 9.81. The summed E-state index contributed by atoms with van der Waals surface area (Å²) in [7, 11) is 0. The molecule has 1 atom stereocenters. The van der Waals surface area contributed by atoms with Crippen molar-refractivity contribution in [2.45, 2.75) is 51.0 Å². The molecule has 118 valence electrons. The van der Waals surface area contributed by atoms with E-state index in [4.69, 9.17) is 5.11 Å². The highest BCUT2D eigenvalue weighted by atomic mass is 16.4. The summed E-state index contributed by atoms with van der Waals surface area (Å²) >= 11 is 0. The van der Waals surface area contributed by atoms with Gasteiger partial charge in [0, 0.05) is 23.9 Å². The molecule has 0 aliphatic heterocycles. The molecule has 1 aromatic rings. The van der Waals surface area contributed by atoms with Crippen molar-refractivity contribution in [1.29, 1.82) is 0 Å². The first-order chi connectivity index (χ1) is 10.3. The van der Waals surface area contributed by atoms with Gasteiger partial charge in [-0.05, 0) is 32.3 Å². The smallest absolute Gasteiger partial charge is 0.303 e. The minimum Gasteiger partial charge on any atom is -0.481 e. The molecule has 0 saturated carbocycles. The standard InChI is InChI=1S/C17H21NO4/c1-17(2,10-9-15(20)21)18-16(22)13-7-8-14(19)12-6-4-3-5-11(12)13/h3-6,13H,7-10H2,1-2H3,(H,18,22)(H,20,21). The Morgan fingerprint density at radius 3 is 2.68 bits per heavy atom. The molecule has 0 bridgehead atoms. The van der Waals surface area contributed by atoms with Crippen molar-refractivity contribution in [3.8, 4) is 0 Å². The van der Waals surface area contributed by atoms with Gasteiger partial charge in [0.2, 0.25) is 5.91 Å². The van der Waals surface area contributed by atoms with Crippen molar-refractivity contribution in [1.82, 2.24) is 5.32 Å². The van der Waals surface area contributed by atoms with Crippen LogP contribution in [0.15, 0.2) is 24.3 Å². The van der Waals surface area contributed by atoms with Gasteiger partial charge in [0.15, 0.2) is 5.78 Å². The van der Waals surface area contributed by atoms with Crippen molar-refractivity contribution in [2.24, 2.45) is 0 Å². The second-order valence-electron chi connectivity index (χ2n) is 6.37. The van der Waals surface area contributed by atoms with E-state index in [0.29, 0.717) is 24.8 Å². The van der Waals surface area contributed by atoms with Crippen LogP contribution in [0.5, 0.6) is 0 Å². The molecule has 0 radical (unpaired) electrons. The fraction of sp³-hybridized carbons (Fsp3) is 0.471. The zero-order valence-electron chi connectivity index (χ0n) is 12.9. The molecular weight excluding hydrogens is 282 g/mol. The summed E-state index contributed by atoms with van der Waals surface area (Å²) in [6, 6.07) is 7.20. The Labute approximate surface area is 129 Å². The van der Waals surface area contributed by atoms with Crippen LogP contribution in [-0.2, 0) is 9.59 Å². The molecule has 1 aliphatic rings. The van der Waals surface area contributed by atoms with Crippen molar-refractivity contribution >= 4 is 17.7 Å². The Morgan fingerprint density at radius 1 is 1.32 bits per heavy atom. The van der Waals surface area contributed by atoms with Crippen molar-refractivity contribution in [2.75, 3.05) is 0 Å². The quantitative estimate of drug-likeness (QED) is 0.875. The summed E-state index contributed by atoms with van der Waals surface area (Å²) in [5, 5.41) is 11.7. The van der Waals surface area contributed by atoms with E-state index in [2.05, 4.69) is 5.32 Å². The average molecular weight is 303 g/mol. The van der Waals surface area contributed by atoms with Gasteiger partial charge >= 0.3 is 5.97 Å². The van der Waals surface area contributed by atoms with Crippen LogP contribution < -0.4 is 5.32 Å². The number of carboxylic acid groups (broad SMARTS) is 1. The molecule has 1 aliphatic carbocycles. The number of carbonyl (C=O) groups excluding carboxylic acids is 2. The Bertz CT molecular complexity index is 606. The highest BCUT2D eigenvalue weighted by molar-refractivity contribution is 6.01. The minimum absolute atomic E-state index is 0.00696. The third kappa shape index (κ3) is 3.72. The molecule has 1 aromatic carbocycles. The van der Waals surface area contributed by atoms with Crippen molar-refractivity contribution in [3.05, 3.63) is 35.4 Å².